The van der Waals surface area contributed by atoms with Crippen LogP contribution in [-0.2, 0) is 4.79 Å². The van der Waals surface area contributed by atoms with Crippen LogP contribution < -0.4 is 0 Å². The van der Waals surface area contributed by atoms with Gasteiger partial charge in [0.1, 0.15) is 0 Å². The SMILES string of the molecule is N#C[C@H](C(=O)c1ccc(Cl)c(Cl)c1)C(=O)N1CCCCC1. The van der Waals surface area contributed by atoms with Crippen LogP contribution in [0.25, 0.3) is 0 Å². The van der Waals surface area contributed by atoms with Crippen LogP contribution >= 0.6 is 23.2 Å². The third-order valence-corrected chi connectivity index (χ3v) is 4.25. The van der Waals surface area contributed by atoms with Crippen LogP contribution in [0.15, 0.2) is 18.2 Å². The Morgan fingerprint density at radius 3 is 2.38 bits per heavy atom. The monoisotopic (exact) mass is 324 g/mol. The maximum atomic E-state index is 12.4. The quantitative estimate of drug-likeness (QED) is 0.632. The average molecular weight is 325 g/mol. The van der Waals surface area contributed by atoms with Crippen molar-refractivity contribution < 1.29 is 9.59 Å². The van der Waals surface area contributed by atoms with Crippen molar-refractivity contribution in [3.05, 3.63) is 33.8 Å². The molecular formula is C15H14Cl2N2O2. The zero-order chi connectivity index (χ0) is 15.4. The van der Waals surface area contributed by atoms with Gasteiger partial charge < -0.3 is 4.90 Å². The van der Waals surface area contributed by atoms with Gasteiger partial charge in [-0.05, 0) is 37.5 Å². The number of amides is 1. The molecule has 0 spiro atoms. The molecule has 1 aliphatic heterocycles. The number of rotatable bonds is 3. The first-order valence-electron chi connectivity index (χ1n) is 6.72. The van der Waals surface area contributed by atoms with Crippen molar-refractivity contribution >= 4 is 34.9 Å². The molecule has 1 aromatic carbocycles. The van der Waals surface area contributed by atoms with E-state index in [1.54, 1.807) is 4.90 Å². The van der Waals surface area contributed by atoms with Crippen molar-refractivity contribution in [1.82, 2.24) is 4.90 Å². The Kier molecular flexibility index (Phi) is 5.22. The number of nitrogens with zero attached hydrogens (tertiary/aromatic N) is 2. The van der Waals surface area contributed by atoms with E-state index in [9.17, 15) is 14.9 Å². The third kappa shape index (κ3) is 3.55. The molecule has 0 aliphatic carbocycles. The Morgan fingerprint density at radius 2 is 1.81 bits per heavy atom. The molecule has 6 heteroatoms. The van der Waals surface area contributed by atoms with Crippen molar-refractivity contribution in [1.29, 1.82) is 5.26 Å². The van der Waals surface area contributed by atoms with Crippen LogP contribution in [0.3, 0.4) is 0 Å². The summed E-state index contributed by atoms with van der Waals surface area (Å²) in [6.07, 6.45) is 2.89. The van der Waals surface area contributed by atoms with E-state index in [0.29, 0.717) is 18.1 Å². The molecule has 1 amide bonds. The number of carbonyl (C=O) groups excluding carboxylic acids is 2. The summed E-state index contributed by atoms with van der Waals surface area (Å²) in [5.74, 6) is -2.28. The predicted molar refractivity (Wildman–Crippen MR) is 80.3 cm³/mol. The highest BCUT2D eigenvalue weighted by atomic mass is 35.5. The summed E-state index contributed by atoms with van der Waals surface area (Å²) >= 11 is 11.7. The summed E-state index contributed by atoms with van der Waals surface area (Å²) in [5, 5.41) is 9.76. The molecular weight excluding hydrogens is 311 g/mol. The Labute approximate surface area is 133 Å². The Balaban J connectivity index is 2.19. The second kappa shape index (κ2) is 6.93. The van der Waals surface area contributed by atoms with E-state index < -0.39 is 17.6 Å². The smallest absolute Gasteiger partial charge is 0.247 e. The van der Waals surface area contributed by atoms with Gasteiger partial charge in [0.25, 0.3) is 0 Å². The van der Waals surface area contributed by atoms with E-state index in [1.165, 1.54) is 18.2 Å². The standard InChI is InChI=1S/C15H14Cl2N2O2/c16-12-5-4-10(8-13(12)17)14(20)11(9-18)15(21)19-6-2-1-3-7-19/h4-5,8,11H,1-3,6-7H2/t11-/m1/s1. The summed E-state index contributed by atoms with van der Waals surface area (Å²) < 4.78 is 0. The van der Waals surface area contributed by atoms with Gasteiger partial charge in [0.2, 0.25) is 5.91 Å². The summed E-state index contributed by atoms with van der Waals surface area (Å²) in [6, 6.07) is 6.16. The van der Waals surface area contributed by atoms with Crippen molar-refractivity contribution in [3.63, 3.8) is 0 Å². The Morgan fingerprint density at radius 1 is 1.14 bits per heavy atom. The second-order valence-corrected chi connectivity index (χ2v) is 5.76. The largest absolute Gasteiger partial charge is 0.341 e. The highest BCUT2D eigenvalue weighted by molar-refractivity contribution is 6.42. The molecule has 0 unspecified atom stereocenters. The number of carbonyl (C=O) groups is 2. The molecule has 0 radical (unpaired) electrons. The van der Waals surface area contributed by atoms with E-state index in [1.807, 2.05) is 6.07 Å². The first-order chi connectivity index (χ1) is 10.0. The average Bonchev–Trinajstić information content (AvgIpc) is 2.51. The number of piperidine rings is 1. The van der Waals surface area contributed by atoms with E-state index in [2.05, 4.69) is 0 Å². The molecule has 0 saturated carbocycles. The number of halogens is 2. The van der Waals surface area contributed by atoms with Crippen molar-refractivity contribution in [3.8, 4) is 6.07 Å². The van der Waals surface area contributed by atoms with Gasteiger partial charge in [-0.15, -0.1) is 0 Å². The number of hydrogen-bond acceptors (Lipinski definition) is 3. The van der Waals surface area contributed by atoms with Gasteiger partial charge >= 0.3 is 0 Å². The van der Waals surface area contributed by atoms with Gasteiger partial charge in [0, 0.05) is 18.7 Å². The van der Waals surface area contributed by atoms with Crippen molar-refractivity contribution in [2.24, 2.45) is 5.92 Å². The zero-order valence-corrected chi connectivity index (χ0v) is 12.8. The zero-order valence-electron chi connectivity index (χ0n) is 11.3. The molecule has 4 nitrogen and oxygen atoms in total. The summed E-state index contributed by atoms with van der Waals surface area (Å²) in [7, 11) is 0. The van der Waals surface area contributed by atoms with Gasteiger partial charge in [0.15, 0.2) is 11.7 Å². The minimum atomic E-state index is -1.32. The van der Waals surface area contributed by atoms with Gasteiger partial charge in [-0.1, -0.05) is 23.2 Å². The molecule has 21 heavy (non-hydrogen) atoms. The maximum absolute atomic E-state index is 12.4. The summed E-state index contributed by atoms with van der Waals surface area (Å²) in [4.78, 5) is 26.3. The van der Waals surface area contributed by atoms with Gasteiger partial charge in [-0.2, -0.15) is 5.26 Å². The van der Waals surface area contributed by atoms with Gasteiger partial charge in [-0.25, -0.2) is 0 Å². The topological polar surface area (TPSA) is 61.2 Å². The lowest BCUT2D eigenvalue weighted by Gasteiger charge is -2.28. The molecule has 1 fully saturated rings. The van der Waals surface area contributed by atoms with Crippen LogP contribution in [0, 0.1) is 17.2 Å². The lowest BCUT2D eigenvalue weighted by atomic mass is 9.96. The van der Waals surface area contributed by atoms with Crippen LogP contribution in [0.2, 0.25) is 10.0 Å². The number of hydrogen-bond donors (Lipinski definition) is 0. The maximum Gasteiger partial charge on any atom is 0.247 e. The molecule has 0 bridgehead atoms. The second-order valence-electron chi connectivity index (χ2n) is 4.94. The summed E-state index contributed by atoms with van der Waals surface area (Å²) in [5.41, 5.74) is 0.223. The molecule has 1 atom stereocenters. The number of likely N-dealkylation sites (tertiary alicyclic amines) is 1. The predicted octanol–water partition coefficient (Wildman–Crippen LogP) is 3.33. The fraction of sp³-hybridized carbons (Fsp3) is 0.400. The fourth-order valence-corrected chi connectivity index (χ4v) is 2.64. The van der Waals surface area contributed by atoms with Crippen molar-refractivity contribution in [2.75, 3.05) is 13.1 Å². The molecule has 110 valence electrons. The van der Waals surface area contributed by atoms with Crippen LogP contribution in [0.5, 0.6) is 0 Å². The van der Waals surface area contributed by atoms with Gasteiger partial charge in [0.05, 0.1) is 16.1 Å². The molecule has 0 aromatic heterocycles. The molecule has 0 N–H and O–H groups in total. The lowest BCUT2D eigenvalue weighted by molar-refractivity contribution is -0.133. The van der Waals surface area contributed by atoms with E-state index in [0.717, 1.165) is 19.3 Å². The van der Waals surface area contributed by atoms with E-state index in [-0.39, 0.29) is 10.6 Å². The van der Waals surface area contributed by atoms with Crippen LogP contribution in [-0.4, -0.2) is 29.7 Å². The van der Waals surface area contributed by atoms with Crippen LogP contribution in [0.1, 0.15) is 29.6 Å². The van der Waals surface area contributed by atoms with E-state index >= 15 is 0 Å². The highest BCUT2D eigenvalue weighted by Gasteiger charge is 2.32. The Hall–Kier alpha value is -1.57. The van der Waals surface area contributed by atoms with Crippen LogP contribution in [0.4, 0.5) is 0 Å². The lowest BCUT2D eigenvalue weighted by Crippen LogP contribution is -2.41. The molecule has 1 saturated heterocycles. The first-order valence-corrected chi connectivity index (χ1v) is 7.48. The normalized spacial score (nSPS) is 16.1. The highest BCUT2D eigenvalue weighted by Crippen LogP contribution is 2.24. The molecule has 2 rings (SSSR count). The minimum absolute atomic E-state index is 0.223. The molecule has 1 aromatic rings. The fourth-order valence-electron chi connectivity index (χ4n) is 2.34. The third-order valence-electron chi connectivity index (χ3n) is 3.51. The molecule has 1 aliphatic rings. The Bertz CT molecular complexity index is 604. The number of nitriles is 1. The first kappa shape index (κ1) is 15.8. The molecule has 1 heterocycles. The van der Waals surface area contributed by atoms with E-state index in [4.69, 9.17) is 23.2 Å². The number of benzene rings is 1. The summed E-state index contributed by atoms with van der Waals surface area (Å²) in [6.45, 7) is 1.21. The van der Waals surface area contributed by atoms with Gasteiger partial charge in [-0.3, -0.25) is 9.59 Å². The number of ketones is 1. The van der Waals surface area contributed by atoms with Crippen molar-refractivity contribution in [2.45, 2.75) is 19.3 Å². The minimum Gasteiger partial charge on any atom is -0.341 e. The number of Topliss-reactive ketones (excluding diaryl/α,β-unsaturated/α-hetero) is 1.